The van der Waals surface area contributed by atoms with E-state index < -0.39 is 11.5 Å². The number of methoxy groups -OCH3 is 1. The number of carbonyl (C=O) groups is 1. The fourth-order valence-corrected chi connectivity index (χ4v) is 5.21. The second kappa shape index (κ2) is 12.5. The van der Waals surface area contributed by atoms with Gasteiger partial charge >= 0.3 is 0 Å². The topological polar surface area (TPSA) is 108 Å². The second-order valence-electron chi connectivity index (χ2n) is 9.48. The Hall–Kier alpha value is -4.64. The van der Waals surface area contributed by atoms with E-state index in [0.29, 0.717) is 43.5 Å². The first-order valence-corrected chi connectivity index (χ1v) is 14.7. The third-order valence-corrected chi connectivity index (χ3v) is 7.47. The quantitative estimate of drug-likeness (QED) is 0.163. The van der Waals surface area contributed by atoms with E-state index in [0.717, 1.165) is 14.5 Å². The molecule has 0 aliphatic rings. The molecule has 1 amide bonds. The predicted octanol–water partition coefficient (Wildman–Crippen LogP) is 7.79. The van der Waals surface area contributed by atoms with E-state index in [-0.39, 0.29) is 23.9 Å². The Morgan fingerprint density at radius 3 is 2.64 bits per heavy atom. The Balaban J connectivity index is 1.39. The van der Waals surface area contributed by atoms with Crippen molar-refractivity contribution in [2.24, 2.45) is 5.10 Å². The van der Waals surface area contributed by atoms with Gasteiger partial charge in [-0.05, 0) is 66.7 Å². The largest absolute Gasteiger partial charge is 0.493 e. The van der Waals surface area contributed by atoms with Gasteiger partial charge in [0.2, 0.25) is 5.82 Å². The van der Waals surface area contributed by atoms with Crippen molar-refractivity contribution in [1.82, 2.24) is 9.66 Å². The molecule has 0 saturated heterocycles. The number of para-hydroxylation sites is 1. The average molecular weight is 692 g/mol. The highest BCUT2D eigenvalue weighted by atomic mass is 79.9. The maximum Gasteiger partial charge on any atom is 0.282 e. The molecule has 0 unspecified atom stereocenters. The van der Waals surface area contributed by atoms with E-state index in [1.165, 1.54) is 13.3 Å². The highest BCUT2D eigenvalue weighted by Crippen LogP contribution is 2.34. The van der Waals surface area contributed by atoms with Crippen LogP contribution in [0.25, 0.3) is 33.5 Å². The standard InChI is InChI=1S/C32H21BrCl2N4O5/c1-42-27-15-22(35)13-19(30(27)43-17-29(40)37-23-9-7-21(34)8-10-23)16-36-39-31(38-25-5-3-2-4-24(25)32(39)41)28-14-18-12-20(33)6-11-26(18)44-28/h2-16H,17H2,1H3,(H,37,40). The fraction of sp³-hybridized carbons (Fsp3) is 0.0625. The van der Waals surface area contributed by atoms with Crippen molar-refractivity contribution in [1.29, 1.82) is 0 Å². The summed E-state index contributed by atoms with van der Waals surface area (Å²) in [4.78, 5) is 31.1. The Kier molecular flexibility index (Phi) is 8.38. The number of hydrogen-bond donors (Lipinski definition) is 1. The summed E-state index contributed by atoms with van der Waals surface area (Å²) in [6.45, 7) is -0.348. The number of ether oxygens (including phenoxy) is 2. The third kappa shape index (κ3) is 6.19. The number of amides is 1. The molecule has 12 heteroatoms. The summed E-state index contributed by atoms with van der Waals surface area (Å²) in [7, 11) is 1.45. The van der Waals surface area contributed by atoms with Crippen molar-refractivity contribution < 1.29 is 18.7 Å². The maximum absolute atomic E-state index is 13.7. The number of nitrogens with one attached hydrogen (secondary N) is 1. The van der Waals surface area contributed by atoms with E-state index >= 15 is 0 Å². The number of nitrogens with zero attached hydrogens (tertiary/aromatic N) is 3. The van der Waals surface area contributed by atoms with Crippen LogP contribution in [0.2, 0.25) is 10.0 Å². The lowest BCUT2D eigenvalue weighted by molar-refractivity contribution is -0.118. The second-order valence-corrected chi connectivity index (χ2v) is 11.3. The highest BCUT2D eigenvalue weighted by Gasteiger charge is 2.18. The molecule has 0 atom stereocenters. The van der Waals surface area contributed by atoms with E-state index in [1.807, 2.05) is 18.2 Å². The van der Waals surface area contributed by atoms with Crippen LogP contribution in [0.1, 0.15) is 5.56 Å². The molecule has 0 saturated carbocycles. The van der Waals surface area contributed by atoms with Gasteiger partial charge in [-0.3, -0.25) is 9.59 Å². The first-order valence-electron chi connectivity index (χ1n) is 13.1. The summed E-state index contributed by atoms with van der Waals surface area (Å²) < 4.78 is 19.5. The van der Waals surface area contributed by atoms with Crippen molar-refractivity contribution in [3.8, 4) is 23.1 Å². The van der Waals surface area contributed by atoms with Gasteiger partial charge in [-0.25, -0.2) is 4.98 Å². The molecule has 6 rings (SSSR count). The van der Waals surface area contributed by atoms with Crippen LogP contribution in [0, 0.1) is 0 Å². The molecule has 2 aromatic heterocycles. The molecule has 0 fully saturated rings. The maximum atomic E-state index is 13.7. The smallest absolute Gasteiger partial charge is 0.282 e. The van der Waals surface area contributed by atoms with Crippen molar-refractivity contribution >= 4 is 78.8 Å². The number of hydrogen-bond acceptors (Lipinski definition) is 7. The highest BCUT2D eigenvalue weighted by molar-refractivity contribution is 9.10. The molecule has 220 valence electrons. The first kappa shape index (κ1) is 29.4. The number of carbonyl (C=O) groups excluding carboxylic acids is 1. The van der Waals surface area contributed by atoms with E-state index in [2.05, 4.69) is 26.3 Å². The number of furan rings is 1. The average Bonchev–Trinajstić information content (AvgIpc) is 3.44. The molecular weight excluding hydrogens is 671 g/mol. The molecule has 9 nitrogen and oxygen atoms in total. The Labute approximate surface area is 268 Å². The Morgan fingerprint density at radius 2 is 1.84 bits per heavy atom. The van der Waals surface area contributed by atoms with Crippen molar-refractivity contribution in [2.75, 3.05) is 19.0 Å². The summed E-state index contributed by atoms with van der Waals surface area (Å²) >= 11 is 15.8. The van der Waals surface area contributed by atoms with Crippen LogP contribution in [0.15, 0.2) is 104 Å². The molecule has 6 aromatic rings. The SMILES string of the molecule is COc1cc(Cl)cc(C=Nn2c(-c3cc4cc(Br)ccc4o3)nc3ccccc3c2=O)c1OCC(=O)Nc1ccc(Cl)cc1. The van der Waals surface area contributed by atoms with Crippen molar-refractivity contribution in [2.45, 2.75) is 0 Å². The summed E-state index contributed by atoms with van der Waals surface area (Å²) in [5.74, 6) is 0.586. The molecular formula is C32H21BrCl2N4O5. The normalized spacial score (nSPS) is 11.4. The van der Waals surface area contributed by atoms with Crippen molar-refractivity contribution in [3.05, 3.63) is 115 Å². The molecule has 0 spiro atoms. The van der Waals surface area contributed by atoms with E-state index in [9.17, 15) is 9.59 Å². The number of fused-ring (bicyclic) bond motifs is 2. The Morgan fingerprint density at radius 1 is 1.05 bits per heavy atom. The zero-order valence-corrected chi connectivity index (χ0v) is 26.0. The lowest BCUT2D eigenvalue weighted by Crippen LogP contribution is -2.21. The van der Waals surface area contributed by atoms with Gasteiger partial charge in [0.15, 0.2) is 23.9 Å². The van der Waals surface area contributed by atoms with Crippen LogP contribution in [0.5, 0.6) is 11.5 Å². The van der Waals surface area contributed by atoms with Crippen LogP contribution in [0.3, 0.4) is 0 Å². The summed E-state index contributed by atoms with van der Waals surface area (Å²) in [6, 6.07) is 24.2. The molecule has 0 aliphatic carbocycles. The molecule has 4 aromatic carbocycles. The monoisotopic (exact) mass is 690 g/mol. The van der Waals surface area contributed by atoms with Crippen molar-refractivity contribution in [3.63, 3.8) is 0 Å². The summed E-state index contributed by atoms with van der Waals surface area (Å²) in [5.41, 5.74) is 1.60. The zero-order chi connectivity index (χ0) is 30.8. The van der Waals surface area contributed by atoms with Gasteiger partial charge in [0.1, 0.15) is 5.58 Å². The van der Waals surface area contributed by atoms with E-state index in [1.54, 1.807) is 66.7 Å². The lowest BCUT2D eigenvalue weighted by Gasteiger charge is -2.14. The van der Waals surface area contributed by atoms with Crippen LogP contribution < -0.4 is 20.3 Å². The number of rotatable bonds is 8. The van der Waals surface area contributed by atoms with Gasteiger partial charge in [-0.15, -0.1) is 0 Å². The molecule has 2 heterocycles. The minimum Gasteiger partial charge on any atom is -0.493 e. The van der Waals surface area contributed by atoms with Crippen LogP contribution >= 0.6 is 39.1 Å². The van der Waals surface area contributed by atoms with Gasteiger partial charge in [-0.1, -0.05) is 51.3 Å². The number of benzene rings is 4. The molecule has 1 N–H and O–H groups in total. The first-order chi connectivity index (χ1) is 21.3. The van der Waals surface area contributed by atoms with Gasteiger partial charge in [0.05, 0.1) is 24.2 Å². The van der Waals surface area contributed by atoms with Crippen LogP contribution in [-0.2, 0) is 4.79 Å². The van der Waals surface area contributed by atoms with Crippen LogP contribution in [-0.4, -0.2) is 35.5 Å². The molecule has 0 radical (unpaired) electrons. The Bertz CT molecular complexity index is 2130. The van der Waals surface area contributed by atoms with Gasteiger partial charge in [0, 0.05) is 37.2 Å². The predicted molar refractivity (Wildman–Crippen MR) is 175 cm³/mol. The van der Waals surface area contributed by atoms with Crippen LogP contribution in [0.4, 0.5) is 5.69 Å². The number of aromatic nitrogens is 2. The van der Waals surface area contributed by atoms with Gasteiger partial charge in [-0.2, -0.15) is 9.78 Å². The fourth-order valence-electron chi connectivity index (χ4n) is 4.49. The molecule has 0 aliphatic heterocycles. The van der Waals surface area contributed by atoms with E-state index in [4.69, 9.17) is 42.1 Å². The van der Waals surface area contributed by atoms with Gasteiger partial charge in [0.25, 0.3) is 11.5 Å². The number of halogens is 3. The third-order valence-electron chi connectivity index (χ3n) is 6.51. The zero-order valence-electron chi connectivity index (χ0n) is 22.9. The minimum atomic E-state index is -0.416. The summed E-state index contributed by atoms with van der Waals surface area (Å²) in [5, 5.41) is 9.31. The van der Waals surface area contributed by atoms with Gasteiger partial charge < -0.3 is 19.2 Å². The number of anilines is 1. The summed E-state index contributed by atoms with van der Waals surface area (Å²) in [6.07, 6.45) is 1.39. The molecule has 0 bridgehead atoms. The molecule has 44 heavy (non-hydrogen) atoms. The lowest BCUT2D eigenvalue weighted by atomic mass is 10.2. The minimum absolute atomic E-state index is 0.191.